The third kappa shape index (κ3) is 3.11. The largest absolute Gasteiger partial charge is 0.370 e. The first-order chi connectivity index (χ1) is 9.45. The number of anilines is 1. The van der Waals surface area contributed by atoms with E-state index < -0.39 is 10.0 Å². The van der Waals surface area contributed by atoms with Crippen molar-refractivity contribution in [1.82, 2.24) is 14.2 Å². The van der Waals surface area contributed by atoms with Crippen molar-refractivity contribution >= 4 is 15.8 Å². The lowest BCUT2D eigenvalue weighted by molar-refractivity contribution is 0.159. The van der Waals surface area contributed by atoms with E-state index >= 15 is 0 Å². The second-order valence-electron chi connectivity index (χ2n) is 5.10. The molecule has 1 unspecified atom stereocenters. The van der Waals surface area contributed by atoms with E-state index in [1.54, 1.807) is 16.4 Å². The first kappa shape index (κ1) is 15.2. The molecule has 1 aliphatic heterocycles. The molecule has 0 spiro atoms. The Labute approximate surface area is 120 Å². The van der Waals surface area contributed by atoms with Gasteiger partial charge in [-0.15, -0.1) is 0 Å². The second-order valence-corrected chi connectivity index (χ2v) is 7.04. The Morgan fingerprint density at radius 2 is 2.15 bits per heavy atom. The lowest BCUT2D eigenvalue weighted by atomic mass is 10.2. The van der Waals surface area contributed by atoms with Crippen molar-refractivity contribution in [3.8, 4) is 0 Å². The number of nitrogens with zero attached hydrogens (tertiary/aromatic N) is 3. The van der Waals surface area contributed by atoms with Crippen molar-refractivity contribution < 1.29 is 8.42 Å². The molecule has 0 aliphatic carbocycles. The molecule has 7 heteroatoms. The second kappa shape index (κ2) is 6.07. The molecule has 0 amide bonds. The zero-order valence-electron chi connectivity index (χ0n) is 12.2. The molecule has 1 fully saturated rings. The summed E-state index contributed by atoms with van der Waals surface area (Å²) in [7, 11) is -1.42. The van der Waals surface area contributed by atoms with Gasteiger partial charge >= 0.3 is 0 Å². The average Bonchev–Trinajstić information content (AvgIpc) is 2.43. The Morgan fingerprint density at radius 3 is 2.70 bits per heavy atom. The van der Waals surface area contributed by atoms with Crippen LogP contribution in [-0.2, 0) is 10.0 Å². The Bertz CT molecular complexity index is 544. The van der Waals surface area contributed by atoms with Crippen molar-refractivity contribution in [3.63, 3.8) is 0 Å². The van der Waals surface area contributed by atoms with Crippen molar-refractivity contribution in [2.45, 2.75) is 24.8 Å². The fraction of sp³-hybridized carbons (Fsp3) is 0.615. The van der Waals surface area contributed by atoms with Crippen LogP contribution in [0.3, 0.4) is 0 Å². The van der Waals surface area contributed by atoms with E-state index in [1.165, 1.54) is 6.20 Å². The minimum Gasteiger partial charge on any atom is -0.370 e. The number of rotatable bonds is 4. The summed E-state index contributed by atoms with van der Waals surface area (Å²) >= 11 is 0. The van der Waals surface area contributed by atoms with Crippen LogP contribution in [0.5, 0.6) is 0 Å². The fourth-order valence-electron chi connectivity index (χ4n) is 2.20. The molecular weight excluding hydrogens is 276 g/mol. The van der Waals surface area contributed by atoms with Crippen LogP contribution in [0, 0.1) is 0 Å². The number of nitrogens with one attached hydrogen (secondary N) is 1. The molecule has 1 aromatic heterocycles. The number of pyridine rings is 1. The molecule has 6 nitrogen and oxygen atoms in total. The highest BCUT2D eigenvalue weighted by Crippen LogP contribution is 2.19. The lowest BCUT2D eigenvalue weighted by Gasteiger charge is -2.36. The van der Waals surface area contributed by atoms with E-state index in [4.69, 9.17) is 0 Å². The predicted molar refractivity (Wildman–Crippen MR) is 79.3 cm³/mol. The van der Waals surface area contributed by atoms with Crippen molar-refractivity contribution in [2.24, 2.45) is 0 Å². The van der Waals surface area contributed by atoms with Crippen LogP contribution in [0.1, 0.15) is 13.8 Å². The van der Waals surface area contributed by atoms with Gasteiger partial charge < -0.3 is 10.2 Å². The number of piperazine rings is 1. The van der Waals surface area contributed by atoms with Crippen LogP contribution in [0.2, 0.25) is 0 Å². The Balaban J connectivity index is 2.17. The molecule has 0 bridgehead atoms. The molecule has 1 atom stereocenters. The minimum absolute atomic E-state index is 0.229. The lowest BCUT2D eigenvalue weighted by Crippen LogP contribution is -2.51. The van der Waals surface area contributed by atoms with Crippen LogP contribution in [0.25, 0.3) is 0 Å². The van der Waals surface area contributed by atoms with Gasteiger partial charge in [-0.05, 0) is 33.0 Å². The topological polar surface area (TPSA) is 65.5 Å². The van der Waals surface area contributed by atoms with Gasteiger partial charge in [0, 0.05) is 38.4 Å². The van der Waals surface area contributed by atoms with Gasteiger partial charge in [0.05, 0.1) is 0 Å². The number of sulfonamides is 1. The van der Waals surface area contributed by atoms with Crippen LogP contribution < -0.4 is 5.32 Å². The molecule has 1 aliphatic rings. The molecule has 1 saturated heterocycles. The highest BCUT2D eigenvalue weighted by molar-refractivity contribution is 7.89. The van der Waals surface area contributed by atoms with E-state index in [9.17, 15) is 8.42 Å². The number of hydrogen-bond acceptors (Lipinski definition) is 5. The van der Waals surface area contributed by atoms with Gasteiger partial charge in [0.2, 0.25) is 10.0 Å². The van der Waals surface area contributed by atoms with Gasteiger partial charge in [-0.1, -0.05) is 0 Å². The highest BCUT2D eigenvalue weighted by Gasteiger charge is 2.30. The summed E-state index contributed by atoms with van der Waals surface area (Å²) < 4.78 is 26.7. The van der Waals surface area contributed by atoms with Gasteiger partial charge in [0.25, 0.3) is 0 Å². The minimum atomic E-state index is -3.43. The Kier molecular flexibility index (Phi) is 4.62. The van der Waals surface area contributed by atoms with Crippen molar-refractivity contribution in [1.29, 1.82) is 0 Å². The highest BCUT2D eigenvalue weighted by atomic mass is 32.2. The van der Waals surface area contributed by atoms with Gasteiger partial charge in [0.15, 0.2) is 0 Å². The van der Waals surface area contributed by atoms with Crippen molar-refractivity contribution in [3.05, 3.63) is 18.3 Å². The predicted octanol–water partition coefficient (Wildman–Crippen LogP) is 0.838. The zero-order chi connectivity index (χ0) is 14.8. The molecule has 0 saturated carbocycles. The van der Waals surface area contributed by atoms with Gasteiger partial charge in [0.1, 0.15) is 10.7 Å². The van der Waals surface area contributed by atoms with Gasteiger partial charge in [-0.2, -0.15) is 4.31 Å². The van der Waals surface area contributed by atoms with Crippen LogP contribution in [-0.4, -0.2) is 61.9 Å². The molecule has 1 aromatic rings. The fourth-order valence-corrected chi connectivity index (χ4v) is 3.66. The summed E-state index contributed by atoms with van der Waals surface area (Å²) in [6.45, 7) is 6.57. The monoisotopic (exact) mass is 298 g/mol. The average molecular weight is 298 g/mol. The van der Waals surface area contributed by atoms with E-state index in [0.717, 1.165) is 13.1 Å². The number of aromatic nitrogens is 1. The Morgan fingerprint density at radius 1 is 1.40 bits per heavy atom. The van der Waals surface area contributed by atoms with Crippen molar-refractivity contribution in [2.75, 3.05) is 38.5 Å². The zero-order valence-corrected chi connectivity index (χ0v) is 13.0. The van der Waals surface area contributed by atoms with E-state index in [1.807, 2.05) is 20.9 Å². The summed E-state index contributed by atoms with van der Waals surface area (Å²) in [6, 6.07) is 3.55. The first-order valence-corrected chi connectivity index (χ1v) is 8.29. The maximum Gasteiger partial charge on any atom is 0.244 e. The first-order valence-electron chi connectivity index (χ1n) is 6.85. The maximum absolute atomic E-state index is 12.6. The smallest absolute Gasteiger partial charge is 0.244 e. The van der Waals surface area contributed by atoms with Gasteiger partial charge in [-0.25, -0.2) is 13.4 Å². The maximum atomic E-state index is 12.6. The van der Waals surface area contributed by atoms with E-state index in [2.05, 4.69) is 15.2 Å². The number of likely N-dealkylation sites (N-methyl/N-ethyl adjacent to an activating group) is 1. The SMILES string of the molecule is CCNc1ccc(S(=O)(=O)N2CCN(C)C(C)C2)cn1. The molecule has 0 radical (unpaired) electrons. The third-order valence-corrected chi connectivity index (χ3v) is 5.50. The number of hydrogen-bond donors (Lipinski definition) is 1. The normalized spacial score (nSPS) is 21.9. The molecule has 2 rings (SSSR count). The molecule has 0 aromatic carbocycles. The molecule has 112 valence electrons. The van der Waals surface area contributed by atoms with Crippen LogP contribution in [0.4, 0.5) is 5.82 Å². The van der Waals surface area contributed by atoms with Gasteiger partial charge in [-0.3, -0.25) is 0 Å². The summed E-state index contributed by atoms with van der Waals surface area (Å²) in [6.07, 6.45) is 1.43. The summed E-state index contributed by atoms with van der Waals surface area (Å²) in [5.41, 5.74) is 0. The molecular formula is C13H22N4O2S. The molecule has 1 N–H and O–H groups in total. The summed E-state index contributed by atoms with van der Waals surface area (Å²) in [4.78, 5) is 6.56. The third-order valence-electron chi connectivity index (χ3n) is 3.65. The van der Waals surface area contributed by atoms with E-state index in [0.29, 0.717) is 18.9 Å². The van der Waals surface area contributed by atoms with Crippen LogP contribution in [0.15, 0.2) is 23.2 Å². The summed E-state index contributed by atoms with van der Waals surface area (Å²) in [5.74, 6) is 0.693. The van der Waals surface area contributed by atoms with E-state index in [-0.39, 0.29) is 10.9 Å². The summed E-state index contributed by atoms with van der Waals surface area (Å²) in [5, 5.41) is 3.05. The molecule has 20 heavy (non-hydrogen) atoms. The quantitative estimate of drug-likeness (QED) is 0.892. The van der Waals surface area contributed by atoms with Crippen LogP contribution >= 0.6 is 0 Å². The standard InChI is InChI=1S/C13H22N4O2S/c1-4-14-13-6-5-12(9-15-13)20(18,19)17-8-7-16(3)11(2)10-17/h5-6,9,11H,4,7-8,10H2,1-3H3,(H,14,15). The Hall–Kier alpha value is -1.18. The molecule has 2 heterocycles.